The first-order valence-electron chi connectivity index (χ1n) is 9.26. The molecule has 0 spiro atoms. The maximum atomic E-state index is 12.4. The van der Waals surface area contributed by atoms with Gasteiger partial charge in [0.1, 0.15) is 11.5 Å². The Hall–Kier alpha value is -1.64. The first-order valence-corrected chi connectivity index (χ1v) is 9.26. The molecule has 1 aromatic rings. The molecule has 0 saturated heterocycles. The summed E-state index contributed by atoms with van der Waals surface area (Å²) < 4.78 is 5.57. The number of Topliss-reactive ketones (excluding diaryl/α,β-unsaturated/α-hetero) is 1. The van der Waals surface area contributed by atoms with Crippen molar-refractivity contribution in [3.05, 3.63) is 28.8 Å². The monoisotopic (exact) mass is 326 g/mol. The fraction of sp³-hybridized carbons (Fsp3) is 0.619. The van der Waals surface area contributed by atoms with Crippen LogP contribution in [0, 0.1) is 24.2 Å². The molecule has 0 aliphatic heterocycles. The van der Waals surface area contributed by atoms with Crippen LogP contribution in [0.4, 0.5) is 0 Å². The van der Waals surface area contributed by atoms with Crippen LogP contribution in [0.15, 0.2) is 12.1 Å². The average molecular weight is 326 g/mol. The summed E-state index contributed by atoms with van der Waals surface area (Å²) >= 11 is 0. The molecule has 3 heteroatoms. The van der Waals surface area contributed by atoms with Crippen LogP contribution >= 0.6 is 0 Å². The quantitative estimate of drug-likeness (QED) is 0.569. The highest BCUT2D eigenvalue weighted by Gasteiger charge is 2.55. The number of hydrogen-bond donors (Lipinski definition) is 0. The Morgan fingerprint density at radius 3 is 2.75 bits per heavy atom. The lowest BCUT2D eigenvalue weighted by Crippen LogP contribution is -2.42. The fourth-order valence-electron chi connectivity index (χ4n) is 5.86. The highest BCUT2D eigenvalue weighted by Crippen LogP contribution is 2.60. The van der Waals surface area contributed by atoms with Crippen LogP contribution in [-0.2, 0) is 16.0 Å². The number of esters is 1. The van der Waals surface area contributed by atoms with E-state index in [1.807, 2.05) is 6.07 Å². The minimum atomic E-state index is -0.250. The third-order valence-corrected chi connectivity index (χ3v) is 7.05. The Morgan fingerprint density at radius 1 is 1.21 bits per heavy atom. The van der Waals surface area contributed by atoms with E-state index in [1.165, 1.54) is 23.6 Å². The summed E-state index contributed by atoms with van der Waals surface area (Å²) in [5.74, 6) is 2.47. The van der Waals surface area contributed by atoms with E-state index in [1.54, 1.807) is 0 Å². The maximum absolute atomic E-state index is 12.4. The van der Waals surface area contributed by atoms with Crippen molar-refractivity contribution in [3.8, 4) is 5.75 Å². The van der Waals surface area contributed by atoms with Crippen LogP contribution in [0.2, 0.25) is 0 Å². The fourth-order valence-corrected chi connectivity index (χ4v) is 5.86. The lowest BCUT2D eigenvalue weighted by atomic mass is 9.55. The molecule has 1 aromatic carbocycles. The zero-order valence-electron chi connectivity index (χ0n) is 14.9. The average Bonchev–Trinajstić information content (AvgIpc) is 2.85. The van der Waals surface area contributed by atoms with Gasteiger partial charge in [0.05, 0.1) is 0 Å². The smallest absolute Gasteiger partial charge is 0.308 e. The number of hydrogen-bond acceptors (Lipinski definition) is 3. The molecule has 0 bridgehead atoms. The number of aryl methyl sites for hydroxylation is 1. The minimum Gasteiger partial charge on any atom is -0.426 e. The SMILES string of the molecule is CC(=O)Oc1ccc(C)c2c1[C@@H]1CC[C@]3(C)C(=O)CC[C@@H]3[C@H]1CC2. The summed E-state index contributed by atoms with van der Waals surface area (Å²) in [5, 5.41) is 0. The van der Waals surface area contributed by atoms with Gasteiger partial charge in [0.15, 0.2) is 0 Å². The van der Waals surface area contributed by atoms with Gasteiger partial charge >= 0.3 is 5.97 Å². The molecule has 2 saturated carbocycles. The number of ether oxygens (including phenoxy) is 1. The highest BCUT2D eigenvalue weighted by atomic mass is 16.5. The van der Waals surface area contributed by atoms with Crippen LogP contribution in [0.25, 0.3) is 0 Å². The van der Waals surface area contributed by atoms with Crippen molar-refractivity contribution >= 4 is 11.8 Å². The van der Waals surface area contributed by atoms with Gasteiger partial charge in [-0.1, -0.05) is 13.0 Å². The molecule has 4 rings (SSSR count). The maximum Gasteiger partial charge on any atom is 0.308 e. The Bertz CT molecular complexity index is 720. The van der Waals surface area contributed by atoms with Gasteiger partial charge in [-0.2, -0.15) is 0 Å². The molecule has 3 aliphatic carbocycles. The first-order chi connectivity index (χ1) is 11.4. The van der Waals surface area contributed by atoms with Gasteiger partial charge in [-0.05, 0) is 74.0 Å². The summed E-state index contributed by atoms with van der Waals surface area (Å²) in [6.45, 7) is 5.82. The highest BCUT2D eigenvalue weighted by molar-refractivity contribution is 5.87. The van der Waals surface area contributed by atoms with Gasteiger partial charge in [-0.3, -0.25) is 9.59 Å². The normalized spacial score (nSPS) is 34.3. The van der Waals surface area contributed by atoms with Gasteiger partial charge < -0.3 is 4.74 Å². The molecule has 0 heterocycles. The number of ketones is 1. The van der Waals surface area contributed by atoms with Crippen molar-refractivity contribution in [1.82, 2.24) is 0 Å². The molecule has 3 aliphatic rings. The van der Waals surface area contributed by atoms with E-state index in [9.17, 15) is 9.59 Å². The van der Waals surface area contributed by atoms with E-state index < -0.39 is 0 Å². The van der Waals surface area contributed by atoms with Crippen LogP contribution in [-0.4, -0.2) is 11.8 Å². The third kappa shape index (κ3) is 2.17. The molecule has 4 atom stereocenters. The zero-order chi connectivity index (χ0) is 17.1. The van der Waals surface area contributed by atoms with E-state index >= 15 is 0 Å². The number of carbonyl (C=O) groups is 2. The van der Waals surface area contributed by atoms with E-state index in [0.717, 1.165) is 44.3 Å². The minimum absolute atomic E-state index is 0.107. The van der Waals surface area contributed by atoms with Crippen molar-refractivity contribution in [2.75, 3.05) is 0 Å². The van der Waals surface area contributed by atoms with Crippen molar-refractivity contribution in [3.63, 3.8) is 0 Å². The molecule has 0 unspecified atom stereocenters. The first kappa shape index (κ1) is 15.9. The molecule has 0 amide bonds. The van der Waals surface area contributed by atoms with E-state index in [4.69, 9.17) is 4.74 Å². The number of carbonyl (C=O) groups excluding carboxylic acids is 2. The van der Waals surface area contributed by atoms with Gasteiger partial charge in [0.25, 0.3) is 0 Å². The van der Waals surface area contributed by atoms with E-state index in [2.05, 4.69) is 19.9 Å². The van der Waals surface area contributed by atoms with Gasteiger partial charge in [0.2, 0.25) is 0 Å². The molecule has 2 fully saturated rings. The number of fused-ring (bicyclic) bond motifs is 5. The summed E-state index contributed by atoms with van der Waals surface area (Å²) in [6.07, 6.45) is 6.01. The molecular weight excluding hydrogens is 300 g/mol. The lowest BCUT2D eigenvalue weighted by molar-refractivity contribution is -0.132. The second-order valence-electron chi connectivity index (χ2n) is 8.20. The summed E-state index contributed by atoms with van der Waals surface area (Å²) in [7, 11) is 0. The van der Waals surface area contributed by atoms with Gasteiger partial charge in [0, 0.05) is 24.3 Å². The molecule has 0 aromatic heterocycles. The van der Waals surface area contributed by atoms with Crippen LogP contribution < -0.4 is 4.74 Å². The summed E-state index contributed by atoms with van der Waals surface area (Å²) in [6, 6.07) is 4.04. The van der Waals surface area contributed by atoms with Crippen molar-refractivity contribution < 1.29 is 14.3 Å². The second kappa shape index (κ2) is 5.44. The molecule has 128 valence electrons. The zero-order valence-corrected chi connectivity index (χ0v) is 14.9. The Labute approximate surface area is 143 Å². The number of rotatable bonds is 1. The molecule has 0 radical (unpaired) electrons. The van der Waals surface area contributed by atoms with Crippen molar-refractivity contribution in [1.29, 1.82) is 0 Å². The Morgan fingerprint density at radius 2 is 2.00 bits per heavy atom. The Kier molecular flexibility index (Phi) is 3.59. The number of benzene rings is 1. The van der Waals surface area contributed by atoms with Gasteiger partial charge in [-0.25, -0.2) is 0 Å². The third-order valence-electron chi connectivity index (χ3n) is 7.05. The lowest BCUT2D eigenvalue weighted by Gasteiger charge is -2.48. The molecule has 0 N–H and O–H groups in total. The standard InChI is InChI=1S/C21H26O3/c1-12-4-8-18(24-13(2)22)20-14(12)5-6-15-16(20)10-11-21(3)17(15)7-9-19(21)23/h4,8,15-17H,5-7,9-11H2,1-3H3/t15-,16+,17+,21-/m0/s1. The Balaban J connectivity index is 1.78. The van der Waals surface area contributed by atoms with Crippen molar-refractivity contribution in [2.24, 2.45) is 17.3 Å². The van der Waals surface area contributed by atoms with Gasteiger partial charge in [-0.15, -0.1) is 0 Å². The molecular formula is C21H26O3. The largest absolute Gasteiger partial charge is 0.426 e. The molecule has 24 heavy (non-hydrogen) atoms. The second-order valence-corrected chi connectivity index (χ2v) is 8.20. The van der Waals surface area contributed by atoms with Crippen molar-refractivity contribution in [2.45, 2.75) is 65.2 Å². The van der Waals surface area contributed by atoms with Crippen LogP contribution in [0.3, 0.4) is 0 Å². The molecule has 3 nitrogen and oxygen atoms in total. The van der Waals surface area contributed by atoms with E-state index in [0.29, 0.717) is 23.5 Å². The van der Waals surface area contributed by atoms with Crippen LogP contribution in [0.1, 0.15) is 68.6 Å². The summed E-state index contributed by atoms with van der Waals surface area (Å²) in [5.41, 5.74) is 3.84. The topological polar surface area (TPSA) is 43.4 Å². The predicted molar refractivity (Wildman–Crippen MR) is 92.1 cm³/mol. The van der Waals surface area contributed by atoms with Crippen LogP contribution in [0.5, 0.6) is 5.75 Å². The summed E-state index contributed by atoms with van der Waals surface area (Å²) in [4.78, 5) is 24.0. The van der Waals surface area contributed by atoms with E-state index in [-0.39, 0.29) is 11.4 Å². The predicted octanol–water partition coefficient (Wildman–Crippen LogP) is 4.35.